The smallest absolute Gasteiger partial charge is 0.121 e. The van der Waals surface area contributed by atoms with E-state index in [1.165, 1.54) is 33.5 Å². The molecule has 4 heterocycles. The van der Waals surface area contributed by atoms with Crippen molar-refractivity contribution in [2.24, 2.45) is 0 Å². The summed E-state index contributed by atoms with van der Waals surface area (Å²) in [6.45, 7) is 22.5. The average Bonchev–Trinajstić information content (AvgIpc) is 3.91. The molecule has 5 nitrogen and oxygen atoms in total. The predicted molar refractivity (Wildman–Crippen MR) is 285 cm³/mol. The first-order chi connectivity index (χ1) is 32.7. The van der Waals surface area contributed by atoms with Crippen molar-refractivity contribution in [2.45, 2.75) is 91.9 Å². The number of aromatic nitrogens is 4. The van der Waals surface area contributed by atoms with Crippen LogP contribution >= 0.6 is 0 Å². The molecule has 11 rings (SSSR count). The molecule has 347 valence electrons. The van der Waals surface area contributed by atoms with Gasteiger partial charge in [0.25, 0.3) is 0 Å². The number of rotatable bonds is 6. The molecule has 0 aliphatic rings. The van der Waals surface area contributed by atoms with Crippen LogP contribution in [0.3, 0.4) is 0 Å². The number of benzene rings is 7. The van der Waals surface area contributed by atoms with Gasteiger partial charge in [-0.05, 0) is 98.6 Å². The number of nitrogens with zero attached hydrogens (tertiary/aromatic N) is 4. The molecule has 0 bridgehead atoms. The van der Waals surface area contributed by atoms with Crippen molar-refractivity contribution in [3.05, 3.63) is 192 Å². The summed E-state index contributed by atoms with van der Waals surface area (Å²) in [5, 5.41) is 5.56. The molecule has 0 unspecified atom stereocenters. The maximum absolute atomic E-state index is 6.93. The summed E-state index contributed by atoms with van der Waals surface area (Å²) in [6, 6.07) is 59.9. The molecule has 0 spiro atoms. The zero-order valence-electron chi connectivity index (χ0n) is 41.2. The predicted octanol–water partition coefficient (Wildman–Crippen LogP) is 17.1. The van der Waals surface area contributed by atoms with Gasteiger partial charge in [0.1, 0.15) is 5.58 Å². The van der Waals surface area contributed by atoms with Crippen molar-refractivity contribution in [1.29, 1.82) is 0 Å². The van der Waals surface area contributed by atoms with Gasteiger partial charge in [0.15, 0.2) is 0 Å². The van der Waals surface area contributed by atoms with Crippen molar-refractivity contribution >= 4 is 54.6 Å². The Kier molecular flexibility index (Phi) is 12.8. The van der Waals surface area contributed by atoms with E-state index in [9.17, 15) is 0 Å². The third kappa shape index (κ3) is 8.93. The summed E-state index contributed by atoms with van der Waals surface area (Å²) in [6.07, 6.45) is 1.95. The maximum atomic E-state index is 6.93. The molecule has 0 amide bonds. The first-order valence-corrected chi connectivity index (χ1v) is 23.9. The molecule has 0 aliphatic carbocycles. The molecular formula is C63H58IrN4O-2. The Hall–Kier alpha value is -6.72. The number of hydrogen-bond donors (Lipinski definition) is 0. The summed E-state index contributed by atoms with van der Waals surface area (Å²) >= 11 is 0. The van der Waals surface area contributed by atoms with E-state index in [0.29, 0.717) is 0 Å². The Bertz CT molecular complexity index is 3600. The minimum Gasteiger partial charge on any atom is -0.501 e. The quantitative estimate of drug-likeness (QED) is 0.123. The Balaban J connectivity index is 0.000000296. The summed E-state index contributed by atoms with van der Waals surface area (Å²) < 4.78 is 9.31. The van der Waals surface area contributed by atoms with Gasteiger partial charge in [-0.25, -0.2) is 0 Å². The second-order valence-corrected chi connectivity index (χ2v) is 20.7. The summed E-state index contributed by atoms with van der Waals surface area (Å²) in [5.74, 6) is 1.36. The molecule has 0 aliphatic heterocycles. The fourth-order valence-corrected chi connectivity index (χ4v) is 9.51. The van der Waals surface area contributed by atoms with Crippen LogP contribution in [0.4, 0.5) is 0 Å². The van der Waals surface area contributed by atoms with E-state index in [4.69, 9.17) is 14.4 Å². The molecule has 7 aromatic carbocycles. The van der Waals surface area contributed by atoms with Gasteiger partial charge in [0.05, 0.1) is 33.7 Å². The topological polar surface area (TPSA) is 56.7 Å². The third-order valence-electron chi connectivity index (χ3n) is 13.1. The van der Waals surface area contributed by atoms with E-state index in [2.05, 4.69) is 212 Å². The second-order valence-electron chi connectivity index (χ2n) is 20.7. The van der Waals surface area contributed by atoms with Gasteiger partial charge < -0.3 is 14.0 Å². The molecule has 69 heavy (non-hydrogen) atoms. The van der Waals surface area contributed by atoms with E-state index >= 15 is 0 Å². The fourth-order valence-electron chi connectivity index (χ4n) is 9.51. The van der Waals surface area contributed by atoms with Gasteiger partial charge in [0.2, 0.25) is 0 Å². The minimum atomic E-state index is -0.141. The van der Waals surface area contributed by atoms with Gasteiger partial charge >= 0.3 is 0 Å². The molecule has 0 atom stereocenters. The molecule has 6 heteroatoms. The number of imidazole rings is 1. The number of hydrogen-bond acceptors (Lipinski definition) is 4. The van der Waals surface area contributed by atoms with Crippen molar-refractivity contribution in [3.63, 3.8) is 0 Å². The van der Waals surface area contributed by atoms with Crippen molar-refractivity contribution in [3.8, 4) is 39.5 Å². The number of furan rings is 1. The van der Waals surface area contributed by atoms with Crippen molar-refractivity contribution in [1.82, 2.24) is 19.5 Å². The molecule has 0 saturated carbocycles. The summed E-state index contributed by atoms with van der Waals surface area (Å²) in [5.41, 5.74) is 16.1. The largest absolute Gasteiger partial charge is 0.501 e. The normalized spacial score (nSPS) is 12.1. The SMILES string of the molecule is CC(C)(C)c1ccc(-c2[c-]cccc2)nc1.CC(C)c1cc(-c2ccccc2)cc(C(C)C)c1-n1c(-c2[c-]ccc3c2oc2cc4c(cc23)c(C(C)(C)C)nc2ccccc24)nc2ccccc21.[Ir]. The van der Waals surface area contributed by atoms with E-state index in [0.717, 1.165) is 83.0 Å². The van der Waals surface area contributed by atoms with Crippen LogP contribution in [0.5, 0.6) is 0 Å². The maximum Gasteiger partial charge on any atom is 0.121 e. The van der Waals surface area contributed by atoms with E-state index in [1.54, 1.807) is 0 Å². The zero-order valence-corrected chi connectivity index (χ0v) is 43.6. The summed E-state index contributed by atoms with van der Waals surface area (Å²) in [4.78, 5) is 15.0. The van der Waals surface area contributed by atoms with Crippen molar-refractivity contribution < 1.29 is 24.5 Å². The first-order valence-electron chi connectivity index (χ1n) is 23.9. The van der Waals surface area contributed by atoms with E-state index < -0.39 is 0 Å². The van der Waals surface area contributed by atoms with Gasteiger partial charge in [-0.2, -0.15) is 0 Å². The zero-order chi connectivity index (χ0) is 47.5. The van der Waals surface area contributed by atoms with Crippen LogP contribution in [-0.4, -0.2) is 19.5 Å². The van der Waals surface area contributed by atoms with E-state index in [-0.39, 0.29) is 42.8 Å². The molecule has 4 aromatic heterocycles. The Morgan fingerprint density at radius 1 is 0.551 bits per heavy atom. The minimum absolute atomic E-state index is 0. The Morgan fingerprint density at radius 2 is 1.23 bits per heavy atom. The van der Waals surface area contributed by atoms with Crippen LogP contribution in [0, 0.1) is 12.1 Å². The van der Waals surface area contributed by atoms with E-state index in [1.807, 2.05) is 36.5 Å². The van der Waals surface area contributed by atoms with Gasteiger partial charge in [-0.1, -0.05) is 153 Å². The fraction of sp³-hybridized carbons (Fsp3) is 0.222. The monoisotopic (exact) mass is 1080 g/mol. The Labute approximate surface area is 420 Å². The molecule has 0 saturated heterocycles. The number of pyridine rings is 2. The second kappa shape index (κ2) is 18.6. The molecule has 0 fully saturated rings. The standard InChI is InChI=1S/C48H42N3O.C15H16N.Ir/c1-28(2)35-24-31(30-16-9-8-10-17-30)25-36(29(3)4)44(35)51-42-23-14-13-22-41(42)50-47(51)34-20-15-19-33-38-26-39-37(27-43(38)52-45(33)34)32-18-11-12-21-40(32)49-46(39)48(5,6)7;1-15(2,3)13-9-10-14(16-11-13)12-7-5-4-6-8-12;/h8-19,21-29H,1-7H3;4-7,9-11H,1-3H3;/q2*-1;. The van der Waals surface area contributed by atoms with Gasteiger partial charge in [-0.3, -0.25) is 9.97 Å². The first kappa shape index (κ1) is 47.3. The molecule has 1 radical (unpaired) electrons. The van der Waals surface area contributed by atoms with Gasteiger partial charge in [-0.15, -0.1) is 54.1 Å². The van der Waals surface area contributed by atoms with Crippen LogP contribution in [0.2, 0.25) is 0 Å². The van der Waals surface area contributed by atoms with Crippen molar-refractivity contribution in [2.75, 3.05) is 0 Å². The van der Waals surface area contributed by atoms with Gasteiger partial charge in [0, 0.05) is 53.6 Å². The molecular weight excluding hydrogens is 1020 g/mol. The number of para-hydroxylation sites is 3. The van der Waals surface area contributed by atoms with Crippen LogP contribution < -0.4 is 0 Å². The third-order valence-corrected chi connectivity index (χ3v) is 13.1. The summed E-state index contributed by atoms with van der Waals surface area (Å²) in [7, 11) is 0. The molecule has 0 N–H and O–H groups in total. The van der Waals surface area contributed by atoms with Crippen LogP contribution in [-0.2, 0) is 30.9 Å². The van der Waals surface area contributed by atoms with Crippen LogP contribution in [0.1, 0.15) is 103 Å². The average molecular weight is 1080 g/mol. The molecule has 11 aromatic rings. The van der Waals surface area contributed by atoms with Crippen LogP contribution in [0.15, 0.2) is 162 Å². The number of fused-ring (bicyclic) bond motifs is 7. The van der Waals surface area contributed by atoms with Crippen LogP contribution in [0.25, 0.3) is 94.1 Å². The Morgan fingerprint density at radius 3 is 1.88 bits per heavy atom.